The van der Waals surface area contributed by atoms with Gasteiger partial charge in [-0.3, -0.25) is 4.99 Å². The van der Waals surface area contributed by atoms with Crippen molar-refractivity contribution in [2.24, 2.45) is 4.99 Å². The number of aliphatic hydroxyl groups is 1. The molecule has 0 saturated heterocycles. The summed E-state index contributed by atoms with van der Waals surface area (Å²) in [5, 5.41) is 9.90. The van der Waals surface area contributed by atoms with Crippen LogP contribution in [0.25, 0.3) is 0 Å². The van der Waals surface area contributed by atoms with Crippen molar-refractivity contribution in [3.8, 4) is 0 Å². The Morgan fingerprint density at radius 3 is 1.92 bits per heavy atom. The summed E-state index contributed by atoms with van der Waals surface area (Å²) >= 11 is 0. The third kappa shape index (κ3) is 4.30. The van der Waals surface area contributed by atoms with Gasteiger partial charge in [0, 0.05) is 54.0 Å². The van der Waals surface area contributed by atoms with Crippen LogP contribution in [0.2, 0.25) is 0 Å². The van der Waals surface area contributed by atoms with Crippen LogP contribution >= 0.6 is 0 Å². The van der Waals surface area contributed by atoms with Crippen LogP contribution in [0.5, 0.6) is 0 Å². The summed E-state index contributed by atoms with van der Waals surface area (Å²) in [5.74, 6) is 0. The zero-order valence-corrected chi connectivity index (χ0v) is 11.7. The molecule has 0 aromatic carbocycles. The Labute approximate surface area is 109 Å². The Bertz CT molecular complexity index is 141. The third-order valence-corrected chi connectivity index (χ3v) is 2.24. The number of rotatable bonds is 4. The zero-order chi connectivity index (χ0) is 8.91. The molecule has 2 nitrogen and oxygen atoms in total. The molecule has 0 heterocycles. The van der Waals surface area contributed by atoms with E-state index in [0.717, 1.165) is 25.1 Å². The monoisotopic (exact) mass is 297 g/mol. The molecule has 1 N–H and O–H groups in total. The Morgan fingerprint density at radius 2 is 1.67 bits per heavy atom. The molecule has 0 fully saturated rings. The fraction of sp³-hybridized carbons (Fsp3) is 0.889. The molecule has 0 radical (unpaired) electrons. The van der Waals surface area contributed by atoms with Crippen LogP contribution in [0.15, 0.2) is 4.99 Å². The van der Waals surface area contributed by atoms with Crippen molar-refractivity contribution in [2.75, 3.05) is 6.54 Å². The summed E-state index contributed by atoms with van der Waals surface area (Å²) in [6.07, 6.45) is 1.50. The Kier molecular flexibility index (Phi) is 9.56. The van der Waals surface area contributed by atoms with E-state index >= 15 is 0 Å². The molecule has 0 spiro atoms. The summed E-state index contributed by atoms with van der Waals surface area (Å²) in [7, 11) is 0. The van der Waals surface area contributed by atoms with Gasteiger partial charge in [0.2, 0.25) is 0 Å². The van der Waals surface area contributed by atoms with Crippen LogP contribution in [-0.4, -0.2) is 23.0 Å². The van der Waals surface area contributed by atoms with Crippen LogP contribution in [0.4, 0.5) is 0 Å². The summed E-state index contributed by atoms with van der Waals surface area (Å²) in [6, 6.07) is 0. The molecule has 0 atom stereocenters. The van der Waals surface area contributed by atoms with Crippen molar-refractivity contribution in [1.82, 2.24) is 0 Å². The SMILES string of the molecule is CCN=C(C)C(O)(CC)CC.[Ce]. The molecule has 3 heteroatoms. The van der Waals surface area contributed by atoms with Gasteiger partial charge in [0.1, 0.15) is 5.60 Å². The van der Waals surface area contributed by atoms with Crippen molar-refractivity contribution in [2.45, 2.75) is 46.1 Å². The zero-order valence-electron chi connectivity index (χ0n) is 8.52. The predicted octanol–water partition coefficient (Wildman–Crippen LogP) is 2.02. The van der Waals surface area contributed by atoms with Gasteiger partial charge in [0.25, 0.3) is 0 Å². The predicted molar refractivity (Wildman–Crippen MR) is 49.2 cm³/mol. The maximum atomic E-state index is 9.90. The van der Waals surface area contributed by atoms with E-state index in [1.54, 1.807) is 0 Å². The quantitative estimate of drug-likeness (QED) is 0.791. The molecule has 0 saturated carbocycles. The van der Waals surface area contributed by atoms with Crippen LogP contribution in [-0.2, 0) is 0 Å². The Morgan fingerprint density at radius 1 is 1.25 bits per heavy atom. The molecule has 0 aliphatic heterocycles. The first kappa shape index (κ1) is 15.5. The molecular formula is C9H19CeNO. The minimum absolute atomic E-state index is 0. The van der Waals surface area contributed by atoms with E-state index in [2.05, 4.69) is 4.99 Å². The smallest absolute Gasteiger partial charge is 0.101 e. The van der Waals surface area contributed by atoms with Crippen LogP contribution in [0, 0.1) is 41.7 Å². The first-order valence-electron chi connectivity index (χ1n) is 4.34. The molecule has 70 valence electrons. The second-order valence-electron chi connectivity index (χ2n) is 2.80. The van der Waals surface area contributed by atoms with Crippen LogP contribution in [0.3, 0.4) is 0 Å². The van der Waals surface area contributed by atoms with Gasteiger partial charge in [-0.2, -0.15) is 0 Å². The summed E-state index contributed by atoms with van der Waals surface area (Å²) in [6.45, 7) is 8.61. The van der Waals surface area contributed by atoms with E-state index < -0.39 is 5.60 Å². The largest absolute Gasteiger partial charge is 0.384 e. The van der Waals surface area contributed by atoms with E-state index in [1.807, 2.05) is 27.7 Å². The number of aliphatic imine (C=N–C) groups is 1. The normalized spacial score (nSPS) is 12.6. The first-order valence-corrected chi connectivity index (χ1v) is 4.34. The van der Waals surface area contributed by atoms with Crippen LogP contribution in [0.1, 0.15) is 40.5 Å². The Balaban J connectivity index is 0. The van der Waals surface area contributed by atoms with E-state index in [-0.39, 0.29) is 41.7 Å². The second kappa shape index (κ2) is 7.41. The van der Waals surface area contributed by atoms with Crippen molar-refractivity contribution in [3.63, 3.8) is 0 Å². The molecule has 0 rings (SSSR count). The van der Waals surface area contributed by atoms with Gasteiger partial charge in [-0.1, -0.05) is 13.8 Å². The van der Waals surface area contributed by atoms with Gasteiger partial charge in [0.15, 0.2) is 0 Å². The molecule has 0 unspecified atom stereocenters. The van der Waals surface area contributed by atoms with Crippen molar-refractivity contribution >= 4 is 5.71 Å². The van der Waals surface area contributed by atoms with E-state index in [4.69, 9.17) is 0 Å². The number of hydrogen-bond donors (Lipinski definition) is 1. The molecule has 0 aliphatic carbocycles. The van der Waals surface area contributed by atoms with Crippen molar-refractivity contribution in [1.29, 1.82) is 0 Å². The third-order valence-electron chi connectivity index (χ3n) is 2.24. The number of hydrogen-bond acceptors (Lipinski definition) is 2. The molecule has 0 aromatic heterocycles. The molecular weight excluding hydrogens is 278 g/mol. The van der Waals surface area contributed by atoms with Gasteiger partial charge >= 0.3 is 0 Å². The van der Waals surface area contributed by atoms with E-state index in [0.29, 0.717) is 0 Å². The maximum Gasteiger partial charge on any atom is 0.101 e. The number of nitrogens with zero attached hydrogens (tertiary/aromatic N) is 1. The fourth-order valence-corrected chi connectivity index (χ4v) is 1.15. The van der Waals surface area contributed by atoms with Gasteiger partial charge in [0.05, 0.1) is 0 Å². The summed E-state index contributed by atoms with van der Waals surface area (Å²) in [5.41, 5.74) is 0.209. The van der Waals surface area contributed by atoms with Gasteiger partial charge in [-0.25, -0.2) is 0 Å². The van der Waals surface area contributed by atoms with Crippen molar-refractivity contribution < 1.29 is 46.9 Å². The topological polar surface area (TPSA) is 32.6 Å². The molecule has 0 bridgehead atoms. The molecule has 0 amide bonds. The van der Waals surface area contributed by atoms with E-state index in [9.17, 15) is 5.11 Å². The second-order valence-corrected chi connectivity index (χ2v) is 2.80. The molecule has 0 aliphatic rings. The standard InChI is InChI=1S/C9H19NO.Ce/c1-5-9(11,6-2)8(4)10-7-3;/h11H,5-7H2,1-4H3;. The van der Waals surface area contributed by atoms with Gasteiger partial charge in [-0.05, 0) is 26.7 Å². The minimum Gasteiger partial charge on any atom is -0.384 e. The first-order chi connectivity index (χ1) is 5.10. The summed E-state index contributed by atoms with van der Waals surface area (Å²) < 4.78 is 0. The molecule has 0 aromatic rings. The van der Waals surface area contributed by atoms with Gasteiger partial charge in [-0.15, -0.1) is 0 Å². The van der Waals surface area contributed by atoms with Crippen LogP contribution < -0.4 is 0 Å². The minimum atomic E-state index is -0.657. The summed E-state index contributed by atoms with van der Waals surface area (Å²) in [4.78, 5) is 4.20. The average Bonchev–Trinajstić information content (AvgIpc) is 2.03. The Hall–Kier alpha value is 1.01. The average molecular weight is 297 g/mol. The van der Waals surface area contributed by atoms with Crippen molar-refractivity contribution in [3.05, 3.63) is 0 Å². The molecule has 12 heavy (non-hydrogen) atoms. The fourth-order valence-electron chi connectivity index (χ4n) is 1.15. The van der Waals surface area contributed by atoms with E-state index in [1.165, 1.54) is 0 Å². The van der Waals surface area contributed by atoms with Gasteiger partial charge < -0.3 is 5.11 Å². The maximum absolute atomic E-state index is 9.90.